The molecule has 5 nitrogen and oxygen atoms in total. The van der Waals surface area contributed by atoms with E-state index in [-0.39, 0.29) is 17.3 Å². The topological polar surface area (TPSA) is 77.1 Å². The fourth-order valence-corrected chi connectivity index (χ4v) is 2.09. The molecule has 0 aliphatic carbocycles. The van der Waals surface area contributed by atoms with E-state index in [0.717, 1.165) is 11.3 Å². The number of carbonyl (C=O) groups excluding carboxylic acids is 1. The number of hydrogen-bond acceptors (Lipinski definition) is 4. The molecule has 18 heavy (non-hydrogen) atoms. The molecule has 0 spiro atoms. The van der Waals surface area contributed by atoms with E-state index in [1.54, 1.807) is 29.8 Å². The minimum atomic E-state index is -0.294. The molecule has 7 heteroatoms. The minimum absolute atomic E-state index is 0.0230. The maximum Gasteiger partial charge on any atom is 0.307 e. The quantitative estimate of drug-likeness (QED) is 0.843. The lowest BCUT2D eigenvalue weighted by Gasteiger charge is -2.07. The van der Waals surface area contributed by atoms with Crippen molar-refractivity contribution >= 4 is 40.2 Å². The molecule has 0 aliphatic rings. The van der Waals surface area contributed by atoms with E-state index in [1.807, 2.05) is 0 Å². The molecule has 0 fully saturated rings. The summed E-state index contributed by atoms with van der Waals surface area (Å²) in [5.74, 6) is -0.294. The van der Waals surface area contributed by atoms with E-state index in [4.69, 9.17) is 17.3 Å². The maximum atomic E-state index is 11.7. The lowest BCUT2D eigenvalue weighted by atomic mass is 10.3. The third kappa shape index (κ3) is 2.91. The van der Waals surface area contributed by atoms with Gasteiger partial charge in [0.15, 0.2) is 0 Å². The van der Waals surface area contributed by atoms with Crippen LogP contribution in [0.15, 0.2) is 34.6 Å². The summed E-state index contributed by atoms with van der Waals surface area (Å²) in [6, 6.07) is 4.81. The van der Waals surface area contributed by atoms with Crippen molar-refractivity contribution in [3.63, 3.8) is 0 Å². The van der Waals surface area contributed by atoms with Crippen LogP contribution in [0.5, 0.6) is 0 Å². The number of anilines is 2. The Morgan fingerprint density at radius 3 is 2.89 bits per heavy atom. The summed E-state index contributed by atoms with van der Waals surface area (Å²) in [7, 11) is 0. The van der Waals surface area contributed by atoms with Crippen LogP contribution in [0.3, 0.4) is 0 Å². The molecule has 1 amide bonds. The fraction of sp³-hybridized carbons (Fsp3) is 0.0909. The number of carbonyl (C=O) groups is 1. The Balaban J connectivity index is 2.05. The van der Waals surface area contributed by atoms with Gasteiger partial charge in [-0.3, -0.25) is 14.2 Å². The number of nitrogens with two attached hydrogens (primary N) is 1. The second-order valence-corrected chi connectivity index (χ2v) is 4.85. The van der Waals surface area contributed by atoms with Gasteiger partial charge in [0.2, 0.25) is 5.91 Å². The number of thiazole rings is 1. The Bertz CT molecular complexity index is 635. The molecule has 94 valence electrons. The average molecular weight is 284 g/mol. The zero-order valence-corrected chi connectivity index (χ0v) is 10.8. The number of nitrogens with zero attached hydrogens (tertiary/aromatic N) is 1. The van der Waals surface area contributed by atoms with Crippen LogP contribution in [-0.4, -0.2) is 10.5 Å². The van der Waals surface area contributed by atoms with E-state index in [0.29, 0.717) is 16.4 Å². The van der Waals surface area contributed by atoms with Crippen LogP contribution in [0.4, 0.5) is 11.4 Å². The summed E-state index contributed by atoms with van der Waals surface area (Å²) in [6.45, 7) is -0.0230. The number of nitrogens with one attached hydrogen (secondary N) is 1. The van der Waals surface area contributed by atoms with Gasteiger partial charge in [-0.2, -0.15) is 0 Å². The molecule has 1 heterocycles. The molecule has 0 saturated carbocycles. The first-order valence-corrected chi connectivity index (χ1v) is 6.31. The van der Waals surface area contributed by atoms with Gasteiger partial charge in [-0.05, 0) is 18.2 Å². The van der Waals surface area contributed by atoms with Gasteiger partial charge < -0.3 is 11.1 Å². The number of aromatic nitrogens is 1. The van der Waals surface area contributed by atoms with Crippen LogP contribution in [0, 0.1) is 0 Å². The Kier molecular flexibility index (Phi) is 3.69. The zero-order valence-electron chi connectivity index (χ0n) is 9.22. The summed E-state index contributed by atoms with van der Waals surface area (Å²) in [5.41, 5.74) is 6.56. The largest absolute Gasteiger partial charge is 0.397 e. The molecule has 0 saturated heterocycles. The number of halogens is 1. The SMILES string of the molecule is Nc1cc(NC(=O)Cn2ccsc2=O)ccc1Cl. The summed E-state index contributed by atoms with van der Waals surface area (Å²) in [5, 5.41) is 4.71. The van der Waals surface area contributed by atoms with Gasteiger partial charge >= 0.3 is 4.87 Å². The van der Waals surface area contributed by atoms with Gasteiger partial charge in [0.05, 0.1) is 10.7 Å². The summed E-state index contributed by atoms with van der Waals surface area (Å²) in [6.07, 6.45) is 1.57. The summed E-state index contributed by atoms with van der Waals surface area (Å²) in [4.78, 5) is 22.8. The highest BCUT2D eigenvalue weighted by Crippen LogP contribution is 2.22. The van der Waals surface area contributed by atoms with Gasteiger partial charge in [-0.25, -0.2) is 0 Å². The molecule has 0 bridgehead atoms. The van der Waals surface area contributed by atoms with Crippen molar-refractivity contribution in [1.29, 1.82) is 0 Å². The van der Waals surface area contributed by atoms with E-state index < -0.39 is 0 Å². The molecule has 1 aromatic heterocycles. The molecular formula is C11H10ClN3O2S. The number of amides is 1. The molecule has 0 aliphatic heterocycles. The lowest BCUT2D eigenvalue weighted by molar-refractivity contribution is -0.116. The minimum Gasteiger partial charge on any atom is -0.397 e. The van der Waals surface area contributed by atoms with Crippen molar-refractivity contribution in [2.75, 3.05) is 11.1 Å². The van der Waals surface area contributed by atoms with Crippen molar-refractivity contribution in [3.05, 3.63) is 44.5 Å². The van der Waals surface area contributed by atoms with Crippen LogP contribution in [-0.2, 0) is 11.3 Å². The maximum absolute atomic E-state index is 11.7. The van der Waals surface area contributed by atoms with Gasteiger partial charge in [0.25, 0.3) is 0 Å². The summed E-state index contributed by atoms with van der Waals surface area (Å²) >= 11 is 6.82. The van der Waals surface area contributed by atoms with Crippen LogP contribution >= 0.6 is 22.9 Å². The van der Waals surface area contributed by atoms with Crippen molar-refractivity contribution in [3.8, 4) is 0 Å². The molecule has 2 rings (SSSR count). The second kappa shape index (κ2) is 5.24. The van der Waals surface area contributed by atoms with E-state index in [9.17, 15) is 9.59 Å². The first-order valence-electron chi connectivity index (χ1n) is 5.05. The van der Waals surface area contributed by atoms with Crippen LogP contribution in [0.25, 0.3) is 0 Å². The van der Waals surface area contributed by atoms with Crippen LogP contribution in [0.2, 0.25) is 5.02 Å². The third-order valence-electron chi connectivity index (χ3n) is 2.24. The number of nitrogen functional groups attached to an aromatic ring is 1. The van der Waals surface area contributed by atoms with Crippen LogP contribution < -0.4 is 15.9 Å². The first kappa shape index (κ1) is 12.7. The second-order valence-electron chi connectivity index (χ2n) is 3.58. The molecular weight excluding hydrogens is 274 g/mol. The average Bonchev–Trinajstić information content (AvgIpc) is 2.70. The Labute approximate surface area is 112 Å². The van der Waals surface area contributed by atoms with Crippen LogP contribution in [0.1, 0.15) is 0 Å². The smallest absolute Gasteiger partial charge is 0.307 e. The standard InChI is InChI=1S/C11H10ClN3O2S/c12-8-2-1-7(5-9(8)13)14-10(16)6-15-3-4-18-11(15)17/h1-5H,6,13H2,(H,14,16). The Hall–Kier alpha value is -1.79. The Morgan fingerprint density at radius 1 is 1.50 bits per heavy atom. The number of benzene rings is 1. The summed E-state index contributed by atoms with van der Waals surface area (Å²) < 4.78 is 1.33. The highest BCUT2D eigenvalue weighted by molar-refractivity contribution is 7.07. The molecule has 3 N–H and O–H groups in total. The molecule has 1 aromatic carbocycles. The lowest BCUT2D eigenvalue weighted by Crippen LogP contribution is -2.23. The molecule has 0 atom stereocenters. The highest BCUT2D eigenvalue weighted by atomic mass is 35.5. The van der Waals surface area contributed by atoms with E-state index in [2.05, 4.69) is 5.32 Å². The Morgan fingerprint density at radius 2 is 2.28 bits per heavy atom. The van der Waals surface area contributed by atoms with E-state index in [1.165, 1.54) is 4.57 Å². The monoisotopic (exact) mass is 283 g/mol. The fourth-order valence-electron chi connectivity index (χ4n) is 1.38. The van der Waals surface area contributed by atoms with Gasteiger partial charge in [-0.15, -0.1) is 0 Å². The predicted octanol–water partition coefficient (Wildman–Crippen LogP) is 1.78. The van der Waals surface area contributed by atoms with Crippen molar-refractivity contribution in [1.82, 2.24) is 4.57 Å². The molecule has 0 unspecified atom stereocenters. The van der Waals surface area contributed by atoms with Crippen molar-refractivity contribution in [2.45, 2.75) is 6.54 Å². The first-order chi connectivity index (χ1) is 8.56. The predicted molar refractivity (Wildman–Crippen MR) is 73.1 cm³/mol. The van der Waals surface area contributed by atoms with Crippen molar-refractivity contribution in [2.24, 2.45) is 0 Å². The molecule has 2 aromatic rings. The highest BCUT2D eigenvalue weighted by Gasteiger charge is 2.06. The normalized spacial score (nSPS) is 10.3. The number of rotatable bonds is 3. The molecule has 0 radical (unpaired) electrons. The zero-order chi connectivity index (χ0) is 13.1. The third-order valence-corrected chi connectivity index (χ3v) is 3.28. The van der Waals surface area contributed by atoms with E-state index >= 15 is 0 Å². The van der Waals surface area contributed by atoms with Crippen molar-refractivity contribution < 1.29 is 4.79 Å². The van der Waals surface area contributed by atoms with Gasteiger partial charge in [0, 0.05) is 17.3 Å². The van der Waals surface area contributed by atoms with Gasteiger partial charge in [-0.1, -0.05) is 22.9 Å². The number of hydrogen-bond donors (Lipinski definition) is 2. The van der Waals surface area contributed by atoms with Gasteiger partial charge in [0.1, 0.15) is 6.54 Å².